The number of piperidine rings is 1. The van der Waals surface area contributed by atoms with Crippen molar-refractivity contribution >= 4 is 23.3 Å². The molecular formula is C22H21ClF3NO3. The summed E-state index contributed by atoms with van der Waals surface area (Å²) in [6.45, 7) is 3.79. The highest BCUT2D eigenvalue weighted by Crippen LogP contribution is 2.38. The predicted molar refractivity (Wildman–Crippen MR) is 106 cm³/mol. The van der Waals surface area contributed by atoms with Crippen molar-refractivity contribution < 1.29 is 27.9 Å². The number of hydrogen-bond acceptors (Lipinski definition) is 3. The summed E-state index contributed by atoms with van der Waals surface area (Å²) < 4.78 is 39.6. The van der Waals surface area contributed by atoms with Gasteiger partial charge in [0, 0.05) is 24.9 Å². The fourth-order valence-electron chi connectivity index (χ4n) is 3.82. The molecule has 0 aromatic heterocycles. The Kier molecular flexibility index (Phi) is 6.24. The minimum Gasteiger partial charge on any atom is -0.386 e. The first kappa shape index (κ1) is 22.3. The first-order valence-electron chi connectivity index (χ1n) is 9.43. The number of carbonyl (C=O) groups is 2. The largest absolute Gasteiger partial charge is 0.417 e. The predicted octanol–water partition coefficient (Wildman–Crippen LogP) is 4.88. The van der Waals surface area contributed by atoms with Gasteiger partial charge in [0.1, 0.15) is 5.78 Å². The third-order valence-corrected chi connectivity index (χ3v) is 5.53. The Bertz CT molecular complexity index is 970. The maximum Gasteiger partial charge on any atom is 0.417 e. The van der Waals surface area contributed by atoms with Crippen molar-refractivity contribution in [3.8, 4) is 0 Å². The Hall–Kier alpha value is -2.38. The second kappa shape index (κ2) is 8.40. The van der Waals surface area contributed by atoms with Crippen LogP contribution in [0.5, 0.6) is 0 Å². The van der Waals surface area contributed by atoms with Gasteiger partial charge in [0.15, 0.2) is 0 Å². The number of ketones is 1. The molecule has 0 spiro atoms. The van der Waals surface area contributed by atoms with Crippen LogP contribution in [0.3, 0.4) is 0 Å². The number of alkyl halides is 3. The molecule has 0 saturated carbocycles. The monoisotopic (exact) mass is 439 g/mol. The van der Waals surface area contributed by atoms with Crippen LogP contribution in [0.1, 0.15) is 51.6 Å². The minimum atomic E-state index is -4.69. The molecule has 4 nitrogen and oxygen atoms in total. The first-order valence-corrected chi connectivity index (χ1v) is 9.81. The van der Waals surface area contributed by atoms with Crippen molar-refractivity contribution in [2.45, 2.75) is 45.0 Å². The number of halogens is 4. The number of carbonyl (C=O) groups excluding carboxylic acids is 2. The minimum absolute atomic E-state index is 0.0513. The van der Waals surface area contributed by atoms with E-state index in [0.717, 1.165) is 23.3 Å². The van der Waals surface area contributed by atoms with Crippen LogP contribution >= 0.6 is 11.6 Å². The molecule has 1 aliphatic heterocycles. The van der Waals surface area contributed by atoms with E-state index in [2.05, 4.69) is 0 Å². The Balaban J connectivity index is 1.96. The molecule has 0 aliphatic carbocycles. The van der Waals surface area contributed by atoms with E-state index in [9.17, 15) is 27.9 Å². The van der Waals surface area contributed by atoms with E-state index in [1.165, 1.54) is 11.0 Å². The second-order valence-electron chi connectivity index (χ2n) is 7.62. The van der Waals surface area contributed by atoms with Crippen molar-refractivity contribution in [1.29, 1.82) is 0 Å². The average Bonchev–Trinajstić information content (AvgIpc) is 2.65. The zero-order chi connectivity index (χ0) is 22.2. The van der Waals surface area contributed by atoms with Crippen LogP contribution in [-0.2, 0) is 11.0 Å². The van der Waals surface area contributed by atoms with Crippen LogP contribution in [0.4, 0.5) is 13.2 Å². The maximum atomic E-state index is 13.2. The Labute approximate surface area is 177 Å². The van der Waals surface area contributed by atoms with Crippen LogP contribution in [0, 0.1) is 13.8 Å². The number of nitrogens with zero attached hydrogens (tertiary/aromatic N) is 1. The lowest BCUT2D eigenvalue weighted by molar-refractivity contribution is -0.137. The Morgan fingerprint density at radius 2 is 1.80 bits per heavy atom. The molecule has 160 valence electrons. The molecule has 2 aromatic rings. The number of amides is 1. The molecular weight excluding hydrogens is 419 g/mol. The number of likely N-dealkylation sites (tertiary alicyclic amines) is 1. The van der Waals surface area contributed by atoms with Gasteiger partial charge >= 0.3 is 6.18 Å². The summed E-state index contributed by atoms with van der Waals surface area (Å²) in [7, 11) is 0. The first-order chi connectivity index (χ1) is 14.0. The number of benzene rings is 2. The highest BCUT2D eigenvalue weighted by Gasteiger charge is 2.38. The van der Waals surface area contributed by atoms with Gasteiger partial charge in [-0.2, -0.15) is 13.2 Å². The number of aryl methyl sites for hydroxylation is 2. The highest BCUT2D eigenvalue weighted by molar-refractivity contribution is 6.31. The average molecular weight is 440 g/mol. The number of Topliss-reactive ketones (excluding diaryl/α,β-unsaturated/α-hetero) is 1. The summed E-state index contributed by atoms with van der Waals surface area (Å²) in [4.78, 5) is 26.6. The topological polar surface area (TPSA) is 57.6 Å². The van der Waals surface area contributed by atoms with E-state index >= 15 is 0 Å². The molecule has 1 aliphatic rings. The van der Waals surface area contributed by atoms with Gasteiger partial charge in [-0.15, -0.1) is 0 Å². The van der Waals surface area contributed by atoms with E-state index < -0.39 is 28.9 Å². The van der Waals surface area contributed by atoms with Crippen LogP contribution < -0.4 is 0 Å². The summed E-state index contributed by atoms with van der Waals surface area (Å²) in [5, 5.41) is 10.4. The molecule has 3 rings (SSSR count). The lowest BCUT2D eigenvalue weighted by Gasteiger charge is -2.38. The number of aliphatic hydroxyl groups is 1. The number of rotatable bonds is 3. The van der Waals surface area contributed by atoms with Gasteiger partial charge in [0.2, 0.25) is 0 Å². The van der Waals surface area contributed by atoms with Crippen molar-refractivity contribution in [1.82, 2.24) is 4.90 Å². The number of hydrogen-bond donors (Lipinski definition) is 1. The Morgan fingerprint density at radius 3 is 2.40 bits per heavy atom. The van der Waals surface area contributed by atoms with Crippen molar-refractivity contribution in [2.75, 3.05) is 6.54 Å². The molecule has 1 N–H and O–H groups in total. The van der Waals surface area contributed by atoms with Crippen LogP contribution in [0.15, 0.2) is 36.4 Å². The molecule has 0 bridgehead atoms. The standard InChI is InChI=1S/C22H21ClF3NO3/c1-12-7-13(2)9-15(8-12)21(30)27-6-5-16(28)11-19(27)20(29)14-3-4-18(23)17(10-14)22(24,25)26/h3-4,7-10,19-20,29H,5-6,11H2,1-2H3/t19-,20-/m1/s1. The van der Waals surface area contributed by atoms with Crippen molar-refractivity contribution in [2.24, 2.45) is 0 Å². The summed E-state index contributed by atoms with van der Waals surface area (Å²) in [6.07, 6.45) is -6.16. The lowest BCUT2D eigenvalue weighted by atomic mass is 9.90. The maximum absolute atomic E-state index is 13.2. The highest BCUT2D eigenvalue weighted by atomic mass is 35.5. The van der Waals surface area contributed by atoms with Gasteiger partial charge in [0.25, 0.3) is 5.91 Å². The summed E-state index contributed by atoms with van der Waals surface area (Å²) in [6, 6.07) is 7.46. The van der Waals surface area contributed by atoms with Gasteiger partial charge in [-0.25, -0.2) is 0 Å². The van der Waals surface area contributed by atoms with Gasteiger partial charge in [-0.3, -0.25) is 9.59 Å². The smallest absolute Gasteiger partial charge is 0.386 e. The van der Waals surface area contributed by atoms with Crippen LogP contribution in [0.2, 0.25) is 5.02 Å². The Morgan fingerprint density at radius 1 is 1.17 bits per heavy atom. The molecule has 8 heteroatoms. The molecule has 2 atom stereocenters. The van der Waals surface area contributed by atoms with E-state index in [-0.39, 0.29) is 36.6 Å². The third-order valence-electron chi connectivity index (χ3n) is 5.20. The lowest BCUT2D eigenvalue weighted by Crippen LogP contribution is -2.49. The molecule has 1 fully saturated rings. The molecule has 1 saturated heterocycles. The molecule has 1 heterocycles. The summed E-state index contributed by atoms with van der Waals surface area (Å²) in [5.74, 6) is -0.531. The van der Waals surface area contributed by atoms with E-state index in [4.69, 9.17) is 11.6 Å². The molecule has 2 aromatic carbocycles. The summed E-state index contributed by atoms with van der Waals surface area (Å²) >= 11 is 5.66. The second-order valence-corrected chi connectivity index (χ2v) is 8.02. The van der Waals surface area contributed by atoms with Crippen molar-refractivity contribution in [3.05, 3.63) is 69.2 Å². The van der Waals surface area contributed by atoms with Crippen LogP contribution in [-0.4, -0.2) is 34.3 Å². The fourth-order valence-corrected chi connectivity index (χ4v) is 4.05. The van der Waals surface area contributed by atoms with E-state index in [1.54, 1.807) is 12.1 Å². The van der Waals surface area contributed by atoms with E-state index in [0.29, 0.717) is 5.56 Å². The third kappa shape index (κ3) is 4.68. The molecule has 1 amide bonds. The zero-order valence-electron chi connectivity index (χ0n) is 16.5. The SMILES string of the molecule is Cc1cc(C)cc(C(=O)N2CCC(=O)C[C@@H]2[C@H](O)c2ccc(Cl)c(C(F)(F)F)c2)c1. The van der Waals surface area contributed by atoms with Gasteiger partial charge in [-0.05, 0) is 43.7 Å². The quantitative estimate of drug-likeness (QED) is 0.741. The van der Waals surface area contributed by atoms with E-state index in [1.807, 2.05) is 19.9 Å². The van der Waals surface area contributed by atoms with Crippen molar-refractivity contribution in [3.63, 3.8) is 0 Å². The molecule has 0 radical (unpaired) electrons. The summed E-state index contributed by atoms with van der Waals surface area (Å²) in [5.41, 5.74) is 1.05. The molecule has 30 heavy (non-hydrogen) atoms. The number of aliphatic hydroxyl groups excluding tert-OH is 1. The van der Waals surface area contributed by atoms with Gasteiger partial charge in [0.05, 0.1) is 22.7 Å². The zero-order valence-corrected chi connectivity index (χ0v) is 17.2. The fraction of sp³-hybridized carbons (Fsp3) is 0.364. The van der Waals surface area contributed by atoms with Gasteiger partial charge in [-0.1, -0.05) is 34.9 Å². The van der Waals surface area contributed by atoms with Crippen LogP contribution in [0.25, 0.3) is 0 Å². The molecule has 0 unspecified atom stereocenters. The van der Waals surface area contributed by atoms with Gasteiger partial charge < -0.3 is 10.0 Å². The normalized spacial score (nSPS) is 18.4.